The molecular formula is C16H16FN3O2. The van der Waals surface area contributed by atoms with Crippen LogP contribution in [0.2, 0.25) is 0 Å². The van der Waals surface area contributed by atoms with Gasteiger partial charge in [-0.25, -0.2) is 14.4 Å². The van der Waals surface area contributed by atoms with E-state index in [1.165, 1.54) is 43.4 Å². The van der Waals surface area contributed by atoms with Crippen molar-refractivity contribution >= 4 is 5.91 Å². The van der Waals surface area contributed by atoms with Crippen LogP contribution in [0.1, 0.15) is 30.1 Å². The first-order valence-electron chi connectivity index (χ1n) is 7.16. The van der Waals surface area contributed by atoms with Gasteiger partial charge in [0.1, 0.15) is 17.9 Å². The highest BCUT2D eigenvalue weighted by molar-refractivity contribution is 5.77. The lowest BCUT2D eigenvalue weighted by atomic mass is 10.2. The molecule has 3 rings (SSSR count). The molecule has 1 fully saturated rings. The summed E-state index contributed by atoms with van der Waals surface area (Å²) in [6.45, 7) is 0.222. The molecule has 114 valence electrons. The quantitative estimate of drug-likeness (QED) is 0.888. The number of halogens is 1. The fourth-order valence-electron chi connectivity index (χ4n) is 2.03. The van der Waals surface area contributed by atoms with Gasteiger partial charge in [0.05, 0.1) is 12.2 Å². The van der Waals surface area contributed by atoms with E-state index in [-0.39, 0.29) is 18.3 Å². The first kappa shape index (κ1) is 14.4. The molecule has 0 bridgehead atoms. The fraction of sp³-hybridized carbons (Fsp3) is 0.312. The molecule has 1 amide bonds. The molecule has 1 saturated carbocycles. The number of carbonyl (C=O) groups excluding carboxylic acids is 1. The summed E-state index contributed by atoms with van der Waals surface area (Å²) in [5, 5.41) is 2.74. The zero-order valence-corrected chi connectivity index (χ0v) is 12.0. The number of rotatable bonds is 6. The smallest absolute Gasteiger partial charge is 0.258 e. The Balaban J connectivity index is 1.45. The molecule has 0 radical (unpaired) electrons. The van der Waals surface area contributed by atoms with Gasteiger partial charge in [-0.1, -0.05) is 0 Å². The topological polar surface area (TPSA) is 64.1 Å². The predicted molar refractivity (Wildman–Crippen MR) is 77.7 cm³/mol. The lowest BCUT2D eigenvalue weighted by molar-refractivity contribution is -0.123. The van der Waals surface area contributed by atoms with Crippen molar-refractivity contribution in [2.24, 2.45) is 0 Å². The number of amides is 1. The van der Waals surface area contributed by atoms with E-state index < -0.39 is 0 Å². The zero-order chi connectivity index (χ0) is 15.4. The number of benzene rings is 1. The van der Waals surface area contributed by atoms with Gasteiger partial charge in [-0.3, -0.25) is 4.79 Å². The Labute approximate surface area is 127 Å². The van der Waals surface area contributed by atoms with Crippen molar-refractivity contribution in [2.75, 3.05) is 6.61 Å². The summed E-state index contributed by atoms with van der Waals surface area (Å²) in [7, 11) is 0. The van der Waals surface area contributed by atoms with Crippen LogP contribution >= 0.6 is 0 Å². The largest absolute Gasteiger partial charge is 0.484 e. The highest BCUT2D eigenvalue weighted by Crippen LogP contribution is 2.38. The average Bonchev–Trinajstić information content (AvgIpc) is 3.37. The second-order valence-corrected chi connectivity index (χ2v) is 5.23. The molecule has 1 aliphatic rings. The van der Waals surface area contributed by atoms with E-state index in [4.69, 9.17) is 4.74 Å². The van der Waals surface area contributed by atoms with Gasteiger partial charge in [0.15, 0.2) is 6.61 Å². The van der Waals surface area contributed by atoms with E-state index in [0.717, 1.165) is 11.4 Å². The van der Waals surface area contributed by atoms with Gasteiger partial charge in [-0.05, 0) is 43.2 Å². The van der Waals surface area contributed by atoms with E-state index in [2.05, 4.69) is 15.3 Å². The maximum absolute atomic E-state index is 12.7. The average molecular weight is 301 g/mol. The van der Waals surface area contributed by atoms with E-state index >= 15 is 0 Å². The Morgan fingerprint density at radius 1 is 1.27 bits per heavy atom. The van der Waals surface area contributed by atoms with E-state index in [0.29, 0.717) is 18.2 Å². The molecular weight excluding hydrogens is 285 g/mol. The van der Waals surface area contributed by atoms with Crippen molar-refractivity contribution in [1.82, 2.24) is 15.3 Å². The lowest BCUT2D eigenvalue weighted by Crippen LogP contribution is -2.28. The molecule has 1 aliphatic carbocycles. The molecule has 5 nitrogen and oxygen atoms in total. The minimum absolute atomic E-state index is 0.119. The van der Waals surface area contributed by atoms with Gasteiger partial charge < -0.3 is 10.1 Å². The SMILES string of the molecule is O=C(COc1ccc(F)cc1)NCc1cc(C2CC2)ncn1. The Kier molecular flexibility index (Phi) is 4.27. The molecule has 0 aliphatic heterocycles. The monoisotopic (exact) mass is 301 g/mol. The minimum Gasteiger partial charge on any atom is -0.484 e. The van der Waals surface area contributed by atoms with Crippen molar-refractivity contribution in [2.45, 2.75) is 25.3 Å². The number of ether oxygens (including phenoxy) is 1. The molecule has 0 saturated heterocycles. The standard InChI is InChI=1S/C16H16FN3O2/c17-12-3-5-14(6-4-12)22-9-16(21)18-8-13-7-15(11-1-2-11)20-10-19-13/h3-7,10-11H,1-2,8-9H2,(H,18,21). The summed E-state index contributed by atoms with van der Waals surface area (Å²) in [5.41, 5.74) is 1.83. The van der Waals surface area contributed by atoms with Crippen molar-refractivity contribution in [3.8, 4) is 5.75 Å². The molecule has 0 spiro atoms. The third-order valence-electron chi connectivity index (χ3n) is 3.39. The van der Waals surface area contributed by atoms with Gasteiger partial charge in [0.2, 0.25) is 0 Å². The molecule has 1 aromatic carbocycles. The highest BCUT2D eigenvalue weighted by Gasteiger charge is 2.25. The molecule has 0 atom stereocenters. The maximum Gasteiger partial charge on any atom is 0.258 e. The van der Waals surface area contributed by atoms with Gasteiger partial charge in [0.25, 0.3) is 5.91 Å². The van der Waals surface area contributed by atoms with Crippen LogP contribution in [-0.4, -0.2) is 22.5 Å². The van der Waals surface area contributed by atoms with E-state index in [1.807, 2.05) is 6.07 Å². The van der Waals surface area contributed by atoms with Crippen LogP contribution in [0.15, 0.2) is 36.7 Å². The number of nitrogens with zero attached hydrogens (tertiary/aromatic N) is 2. The summed E-state index contributed by atoms with van der Waals surface area (Å²) >= 11 is 0. The normalized spacial score (nSPS) is 13.7. The number of hydrogen-bond donors (Lipinski definition) is 1. The van der Waals surface area contributed by atoms with Gasteiger partial charge in [0, 0.05) is 11.6 Å². The van der Waals surface area contributed by atoms with Crippen LogP contribution in [0.5, 0.6) is 5.75 Å². The highest BCUT2D eigenvalue weighted by atomic mass is 19.1. The van der Waals surface area contributed by atoms with Crippen LogP contribution in [-0.2, 0) is 11.3 Å². The van der Waals surface area contributed by atoms with Crippen LogP contribution in [0.4, 0.5) is 4.39 Å². The summed E-state index contributed by atoms with van der Waals surface area (Å²) < 4.78 is 18.0. The molecule has 1 heterocycles. The van der Waals surface area contributed by atoms with Crippen LogP contribution < -0.4 is 10.1 Å². The summed E-state index contributed by atoms with van der Waals surface area (Å²) in [6, 6.07) is 7.46. The van der Waals surface area contributed by atoms with Crippen molar-refractivity contribution < 1.29 is 13.9 Å². The third kappa shape index (κ3) is 4.00. The van der Waals surface area contributed by atoms with E-state index in [1.54, 1.807) is 0 Å². The second kappa shape index (κ2) is 6.51. The number of aromatic nitrogens is 2. The van der Waals surface area contributed by atoms with Crippen LogP contribution in [0.3, 0.4) is 0 Å². The van der Waals surface area contributed by atoms with Crippen molar-refractivity contribution in [3.63, 3.8) is 0 Å². The van der Waals surface area contributed by atoms with Crippen LogP contribution in [0, 0.1) is 5.82 Å². The third-order valence-corrected chi connectivity index (χ3v) is 3.39. The Morgan fingerprint density at radius 3 is 2.77 bits per heavy atom. The van der Waals surface area contributed by atoms with Crippen molar-refractivity contribution in [3.05, 3.63) is 53.9 Å². The van der Waals surface area contributed by atoms with Gasteiger partial charge >= 0.3 is 0 Å². The second-order valence-electron chi connectivity index (χ2n) is 5.23. The Morgan fingerprint density at radius 2 is 2.05 bits per heavy atom. The fourth-order valence-corrected chi connectivity index (χ4v) is 2.03. The number of nitrogens with one attached hydrogen (secondary N) is 1. The van der Waals surface area contributed by atoms with Crippen LogP contribution in [0.25, 0.3) is 0 Å². The molecule has 2 aromatic rings. The molecule has 22 heavy (non-hydrogen) atoms. The number of carbonyl (C=O) groups is 1. The molecule has 1 N–H and O–H groups in total. The first-order chi connectivity index (χ1) is 10.7. The summed E-state index contributed by atoms with van der Waals surface area (Å²) in [4.78, 5) is 20.1. The zero-order valence-electron chi connectivity index (χ0n) is 12.0. The predicted octanol–water partition coefficient (Wildman–Crippen LogP) is 2.19. The molecule has 0 unspecified atom stereocenters. The Bertz CT molecular complexity index is 657. The van der Waals surface area contributed by atoms with Gasteiger partial charge in [-0.2, -0.15) is 0 Å². The number of hydrogen-bond acceptors (Lipinski definition) is 4. The minimum atomic E-state index is -0.341. The maximum atomic E-state index is 12.7. The van der Waals surface area contributed by atoms with Gasteiger partial charge in [-0.15, -0.1) is 0 Å². The summed E-state index contributed by atoms with van der Waals surface area (Å²) in [5.74, 6) is 0.414. The Hall–Kier alpha value is -2.50. The lowest BCUT2D eigenvalue weighted by Gasteiger charge is -2.07. The molecule has 6 heteroatoms. The van der Waals surface area contributed by atoms with E-state index in [9.17, 15) is 9.18 Å². The first-order valence-corrected chi connectivity index (χ1v) is 7.16. The summed E-state index contributed by atoms with van der Waals surface area (Å²) in [6.07, 6.45) is 3.88. The molecule has 1 aromatic heterocycles. The van der Waals surface area contributed by atoms with Crippen molar-refractivity contribution in [1.29, 1.82) is 0 Å².